The van der Waals surface area contributed by atoms with Gasteiger partial charge in [0.1, 0.15) is 5.82 Å². The fourth-order valence-electron chi connectivity index (χ4n) is 6.46. The molecule has 0 radical (unpaired) electrons. The molecule has 196 valence electrons. The van der Waals surface area contributed by atoms with E-state index >= 15 is 0 Å². The van der Waals surface area contributed by atoms with Gasteiger partial charge in [-0.15, -0.1) is 11.3 Å². The van der Waals surface area contributed by atoms with E-state index < -0.39 is 0 Å². The van der Waals surface area contributed by atoms with Crippen LogP contribution < -0.4 is 4.90 Å². The molecule has 7 nitrogen and oxygen atoms in total. The van der Waals surface area contributed by atoms with E-state index in [0.717, 1.165) is 47.3 Å². The SMILES string of the molecule is Cc1nc(-c2cnc(-c3cc4c(cc3C(C)C)C3(C)CCC4(C)O3)c3ccsc23)nc(N2CCOCC2)n1. The van der Waals surface area contributed by atoms with Crippen LogP contribution in [-0.2, 0) is 20.7 Å². The fourth-order valence-corrected chi connectivity index (χ4v) is 7.36. The van der Waals surface area contributed by atoms with Crippen molar-refractivity contribution in [3.8, 4) is 22.6 Å². The van der Waals surface area contributed by atoms with Gasteiger partial charge in [0.05, 0.1) is 35.7 Å². The molecule has 0 N–H and O–H groups in total. The molecule has 3 aliphatic rings. The zero-order valence-corrected chi connectivity index (χ0v) is 23.5. The summed E-state index contributed by atoms with van der Waals surface area (Å²) >= 11 is 1.72. The van der Waals surface area contributed by atoms with Gasteiger partial charge in [0, 0.05) is 34.9 Å². The molecular formula is C30H33N5O2S. The van der Waals surface area contributed by atoms with Crippen LogP contribution >= 0.6 is 11.3 Å². The first kappa shape index (κ1) is 24.1. The number of anilines is 1. The van der Waals surface area contributed by atoms with E-state index in [1.54, 1.807) is 11.3 Å². The molecule has 1 aromatic carbocycles. The second kappa shape index (κ2) is 8.53. The van der Waals surface area contributed by atoms with Crippen molar-refractivity contribution >= 4 is 27.4 Å². The third kappa shape index (κ3) is 3.61. The maximum absolute atomic E-state index is 6.61. The second-order valence-electron chi connectivity index (χ2n) is 11.5. The molecule has 2 fully saturated rings. The molecule has 0 aliphatic carbocycles. The van der Waals surface area contributed by atoms with Gasteiger partial charge in [-0.2, -0.15) is 9.97 Å². The average Bonchev–Trinajstić information content (AvgIpc) is 3.58. The van der Waals surface area contributed by atoms with Crippen molar-refractivity contribution in [2.24, 2.45) is 0 Å². The van der Waals surface area contributed by atoms with Gasteiger partial charge in [-0.25, -0.2) is 4.98 Å². The van der Waals surface area contributed by atoms with Crippen molar-refractivity contribution in [3.05, 3.63) is 52.3 Å². The van der Waals surface area contributed by atoms with Crippen molar-refractivity contribution in [2.45, 2.75) is 64.6 Å². The number of morpholine rings is 1. The third-order valence-corrected chi connectivity index (χ3v) is 9.44. The van der Waals surface area contributed by atoms with E-state index in [0.29, 0.717) is 36.7 Å². The number of aromatic nitrogens is 4. The molecule has 2 saturated heterocycles. The number of hydrogen-bond acceptors (Lipinski definition) is 8. The van der Waals surface area contributed by atoms with E-state index in [9.17, 15) is 0 Å². The van der Waals surface area contributed by atoms with Gasteiger partial charge in [0.15, 0.2) is 5.82 Å². The summed E-state index contributed by atoms with van der Waals surface area (Å²) in [4.78, 5) is 21.5. The Labute approximate surface area is 227 Å². The van der Waals surface area contributed by atoms with Gasteiger partial charge in [-0.1, -0.05) is 19.9 Å². The maximum Gasteiger partial charge on any atom is 0.229 e. The molecule has 2 unspecified atom stereocenters. The summed E-state index contributed by atoms with van der Waals surface area (Å²) in [7, 11) is 0. The van der Waals surface area contributed by atoms with Gasteiger partial charge in [0.25, 0.3) is 0 Å². The fraction of sp³-hybridized carbons (Fsp3) is 0.467. The highest BCUT2D eigenvalue weighted by molar-refractivity contribution is 7.17. The molecule has 38 heavy (non-hydrogen) atoms. The number of rotatable bonds is 4. The Morgan fingerprint density at radius 3 is 2.45 bits per heavy atom. The minimum atomic E-state index is -0.222. The van der Waals surface area contributed by atoms with Crippen LogP contribution in [0.2, 0.25) is 0 Å². The van der Waals surface area contributed by atoms with Gasteiger partial charge < -0.3 is 14.4 Å². The van der Waals surface area contributed by atoms with E-state index in [1.165, 1.54) is 22.3 Å². The van der Waals surface area contributed by atoms with Crippen LogP contribution in [0.1, 0.15) is 69.0 Å². The number of ether oxygens (including phenoxy) is 2. The van der Waals surface area contributed by atoms with Gasteiger partial charge >= 0.3 is 0 Å². The number of fused-ring (bicyclic) bond motifs is 6. The maximum atomic E-state index is 6.61. The van der Waals surface area contributed by atoms with Crippen molar-refractivity contribution in [1.29, 1.82) is 0 Å². The Bertz CT molecular complexity index is 1580. The topological polar surface area (TPSA) is 73.3 Å². The minimum absolute atomic E-state index is 0.185. The number of benzene rings is 1. The zero-order chi connectivity index (χ0) is 26.2. The first-order valence-corrected chi connectivity index (χ1v) is 14.5. The third-order valence-electron chi connectivity index (χ3n) is 8.49. The average molecular weight is 528 g/mol. The lowest BCUT2D eigenvalue weighted by Crippen LogP contribution is -2.37. The Morgan fingerprint density at radius 1 is 0.974 bits per heavy atom. The number of thiophene rings is 1. The smallest absolute Gasteiger partial charge is 0.229 e. The molecule has 3 aromatic heterocycles. The monoisotopic (exact) mass is 527 g/mol. The lowest BCUT2D eigenvalue weighted by atomic mass is 9.75. The van der Waals surface area contributed by atoms with Crippen molar-refractivity contribution in [1.82, 2.24) is 19.9 Å². The van der Waals surface area contributed by atoms with Crippen molar-refractivity contribution < 1.29 is 9.47 Å². The van der Waals surface area contributed by atoms with Gasteiger partial charge in [-0.3, -0.25) is 4.98 Å². The largest absolute Gasteiger partial charge is 0.378 e. The predicted octanol–water partition coefficient (Wildman–Crippen LogP) is 6.34. The Balaban J connectivity index is 1.38. The lowest BCUT2D eigenvalue weighted by molar-refractivity contribution is -0.0662. The molecule has 0 spiro atoms. The number of nitrogens with zero attached hydrogens (tertiary/aromatic N) is 5. The zero-order valence-electron chi connectivity index (χ0n) is 22.7. The first-order valence-electron chi connectivity index (χ1n) is 13.6. The predicted molar refractivity (Wildman–Crippen MR) is 151 cm³/mol. The molecule has 0 amide bonds. The molecule has 7 rings (SSSR count). The van der Waals surface area contributed by atoms with Crippen LogP contribution in [0, 0.1) is 6.92 Å². The molecule has 4 aromatic rings. The molecule has 0 saturated carbocycles. The first-order chi connectivity index (χ1) is 18.3. The molecule has 8 heteroatoms. The van der Waals surface area contributed by atoms with Crippen LogP contribution in [0.25, 0.3) is 32.7 Å². The van der Waals surface area contributed by atoms with Gasteiger partial charge in [0.2, 0.25) is 5.95 Å². The summed E-state index contributed by atoms with van der Waals surface area (Å²) in [6.45, 7) is 13.9. The van der Waals surface area contributed by atoms with Gasteiger partial charge in [-0.05, 0) is 73.7 Å². The van der Waals surface area contributed by atoms with E-state index in [-0.39, 0.29) is 11.2 Å². The summed E-state index contributed by atoms with van der Waals surface area (Å²) in [6.07, 6.45) is 4.09. The minimum Gasteiger partial charge on any atom is -0.378 e. The molecule has 6 heterocycles. The van der Waals surface area contributed by atoms with Crippen LogP contribution in [0.3, 0.4) is 0 Å². The Kier molecular flexibility index (Phi) is 5.42. The highest BCUT2D eigenvalue weighted by Crippen LogP contribution is 2.59. The van der Waals surface area contributed by atoms with Crippen LogP contribution in [0.4, 0.5) is 5.95 Å². The molecule has 2 atom stereocenters. The number of hydrogen-bond donors (Lipinski definition) is 0. The number of aryl methyl sites for hydroxylation is 1. The van der Waals surface area contributed by atoms with E-state index in [1.807, 2.05) is 13.1 Å². The molecule has 2 bridgehead atoms. The summed E-state index contributed by atoms with van der Waals surface area (Å²) in [5, 5.41) is 3.28. The van der Waals surface area contributed by atoms with Crippen molar-refractivity contribution in [2.75, 3.05) is 31.2 Å². The second-order valence-corrected chi connectivity index (χ2v) is 12.4. The summed E-state index contributed by atoms with van der Waals surface area (Å²) < 4.78 is 13.3. The summed E-state index contributed by atoms with van der Waals surface area (Å²) in [5.74, 6) is 2.46. The standard InChI is InChI=1S/C30H33N5O2S/c1-17(2)20-14-23-24(30(5)8-7-29(23,4)37-30)15-21(20)25-19-6-13-38-26(19)22(16-31-25)27-32-18(3)33-28(34-27)35-9-11-36-12-10-35/h6,13-17H,7-12H2,1-5H3. The molecule has 3 aliphatic heterocycles. The van der Waals surface area contributed by atoms with E-state index in [2.05, 4.69) is 61.2 Å². The quantitative estimate of drug-likeness (QED) is 0.307. The van der Waals surface area contributed by atoms with Crippen molar-refractivity contribution in [3.63, 3.8) is 0 Å². The summed E-state index contributed by atoms with van der Waals surface area (Å²) in [6, 6.07) is 6.96. The summed E-state index contributed by atoms with van der Waals surface area (Å²) in [5.41, 5.74) is 6.77. The van der Waals surface area contributed by atoms with Crippen LogP contribution in [0.15, 0.2) is 29.8 Å². The lowest BCUT2D eigenvalue weighted by Gasteiger charge is -2.27. The Morgan fingerprint density at radius 2 is 1.71 bits per heavy atom. The normalized spacial score (nSPS) is 24.5. The molecular weight excluding hydrogens is 494 g/mol. The highest BCUT2D eigenvalue weighted by atomic mass is 32.1. The van der Waals surface area contributed by atoms with E-state index in [4.69, 9.17) is 24.4 Å². The van der Waals surface area contributed by atoms with Crippen LogP contribution in [0.5, 0.6) is 0 Å². The highest BCUT2D eigenvalue weighted by Gasteiger charge is 2.54. The Hall–Kier alpha value is -2.94. The van der Waals surface area contributed by atoms with Crippen LogP contribution in [-0.4, -0.2) is 46.2 Å². The number of pyridine rings is 1.